The molecule has 0 saturated carbocycles. The van der Waals surface area contributed by atoms with Gasteiger partial charge in [0.05, 0.1) is 16.3 Å². The summed E-state index contributed by atoms with van der Waals surface area (Å²) in [5, 5.41) is 8.34. The Labute approximate surface area is 191 Å². The lowest BCUT2D eigenvalue weighted by molar-refractivity contribution is 0.392. The fraction of sp³-hybridized carbons (Fsp3) is 0.208. The second kappa shape index (κ2) is 8.32. The van der Waals surface area contributed by atoms with Crippen LogP contribution in [0.25, 0.3) is 16.9 Å². The van der Waals surface area contributed by atoms with E-state index < -0.39 is 10.0 Å². The van der Waals surface area contributed by atoms with E-state index in [2.05, 4.69) is 15.0 Å². The third kappa shape index (κ3) is 4.19. The minimum atomic E-state index is -3.86. The first-order chi connectivity index (χ1) is 15.6. The van der Waals surface area contributed by atoms with Gasteiger partial charge in [-0.05, 0) is 69.5 Å². The molecule has 0 aliphatic heterocycles. The maximum Gasteiger partial charge on any atom is 0.271 e. The van der Waals surface area contributed by atoms with Crippen LogP contribution in [0.15, 0.2) is 62.7 Å². The second-order valence-corrected chi connectivity index (χ2v) is 9.63. The molecule has 170 valence electrons. The number of sulfonamides is 1. The highest BCUT2D eigenvalue weighted by molar-refractivity contribution is 7.92. The van der Waals surface area contributed by atoms with E-state index in [1.165, 1.54) is 10.7 Å². The molecule has 0 bridgehead atoms. The standard InChI is InChI=1S/C24H24N4O4S/c1-14-7-6-8-20(16(14)3)27-33(30,31)22-13-19(10-9-15(22)2)21-11-12-23(29)28(25-21)24-17(4)26-32-18(24)5/h6-13,27H,1-5H3. The van der Waals surface area contributed by atoms with Gasteiger partial charge in [-0.3, -0.25) is 9.52 Å². The molecule has 0 fully saturated rings. The topological polar surface area (TPSA) is 107 Å². The van der Waals surface area contributed by atoms with Crippen LogP contribution in [0.3, 0.4) is 0 Å². The van der Waals surface area contributed by atoms with E-state index in [1.807, 2.05) is 26.0 Å². The average Bonchev–Trinajstić information content (AvgIpc) is 3.10. The molecule has 4 rings (SSSR count). The first kappa shape index (κ1) is 22.5. The van der Waals surface area contributed by atoms with Crippen molar-refractivity contribution in [1.82, 2.24) is 14.9 Å². The van der Waals surface area contributed by atoms with Crippen molar-refractivity contribution in [2.75, 3.05) is 4.72 Å². The van der Waals surface area contributed by atoms with E-state index in [4.69, 9.17) is 4.52 Å². The van der Waals surface area contributed by atoms with Crippen LogP contribution in [-0.2, 0) is 10.0 Å². The summed E-state index contributed by atoms with van der Waals surface area (Å²) in [6, 6.07) is 13.5. The fourth-order valence-corrected chi connectivity index (χ4v) is 5.01. The van der Waals surface area contributed by atoms with Crippen LogP contribution in [0.1, 0.15) is 28.1 Å². The van der Waals surface area contributed by atoms with Crippen molar-refractivity contribution in [3.8, 4) is 16.9 Å². The van der Waals surface area contributed by atoms with Gasteiger partial charge in [0.1, 0.15) is 11.4 Å². The molecule has 0 atom stereocenters. The molecular weight excluding hydrogens is 440 g/mol. The van der Waals surface area contributed by atoms with Crippen molar-refractivity contribution in [2.45, 2.75) is 39.5 Å². The summed E-state index contributed by atoms with van der Waals surface area (Å²) in [4.78, 5) is 12.6. The van der Waals surface area contributed by atoms with Crippen LogP contribution in [0.2, 0.25) is 0 Å². The maximum absolute atomic E-state index is 13.3. The molecule has 8 nitrogen and oxygen atoms in total. The molecule has 0 radical (unpaired) electrons. The summed E-state index contributed by atoms with van der Waals surface area (Å²) < 4.78 is 35.6. The quantitative estimate of drug-likeness (QED) is 0.474. The van der Waals surface area contributed by atoms with Crippen LogP contribution in [0.4, 0.5) is 5.69 Å². The molecule has 0 amide bonds. The molecule has 2 aromatic heterocycles. The van der Waals surface area contributed by atoms with Gasteiger partial charge in [0.15, 0.2) is 5.76 Å². The summed E-state index contributed by atoms with van der Waals surface area (Å²) in [5.41, 5.74) is 4.64. The number of hydrogen-bond acceptors (Lipinski definition) is 6. The lowest BCUT2D eigenvalue weighted by Gasteiger charge is -2.15. The van der Waals surface area contributed by atoms with Crippen molar-refractivity contribution in [2.24, 2.45) is 0 Å². The van der Waals surface area contributed by atoms with Gasteiger partial charge in [-0.25, -0.2) is 8.42 Å². The number of benzene rings is 2. The van der Waals surface area contributed by atoms with E-state index in [1.54, 1.807) is 51.1 Å². The van der Waals surface area contributed by atoms with Crippen molar-refractivity contribution in [3.63, 3.8) is 0 Å². The van der Waals surface area contributed by atoms with Gasteiger partial charge in [-0.2, -0.15) is 9.78 Å². The Kier molecular flexibility index (Phi) is 5.67. The summed E-state index contributed by atoms with van der Waals surface area (Å²) in [6.45, 7) is 8.96. The van der Waals surface area contributed by atoms with Crippen LogP contribution in [0.5, 0.6) is 0 Å². The van der Waals surface area contributed by atoms with E-state index >= 15 is 0 Å². The second-order valence-electron chi connectivity index (χ2n) is 7.97. The first-order valence-corrected chi connectivity index (χ1v) is 11.8. The van der Waals surface area contributed by atoms with Gasteiger partial charge in [-0.1, -0.05) is 29.4 Å². The number of nitrogens with zero attached hydrogens (tertiary/aromatic N) is 3. The molecule has 2 heterocycles. The van der Waals surface area contributed by atoms with Crippen molar-refractivity contribution >= 4 is 15.7 Å². The van der Waals surface area contributed by atoms with Crippen molar-refractivity contribution in [1.29, 1.82) is 0 Å². The fourth-order valence-electron chi connectivity index (χ4n) is 3.62. The predicted octanol–water partition coefficient (Wildman–Crippen LogP) is 4.23. The Morgan fingerprint density at radius 3 is 2.39 bits per heavy atom. The Morgan fingerprint density at radius 1 is 0.939 bits per heavy atom. The molecule has 9 heteroatoms. The normalized spacial score (nSPS) is 11.5. The maximum atomic E-state index is 13.3. The van der Waals surface area contributed by atoms with Gasteiger partial charge in [0, 0.05) is 11.6 Å². The smallest absolute Gasteiger partial charge is 0.271 e. The molecule has 1 N–H and O–H groups in total. The van der Waals surface area contributed by atoms with E-state index in [9.17, 15) is 13.2 Å². The largest absolute Gasteiger partial charge is 0.359 e. The van der Waals surface area contributed by atoms with Crippen LogP contribution in [0, 0.1) is 34.6 Å². The Balaban J connectivity index is 1.79. The van der Waals surface area contributed by atoms with Gasteiger partial charge in [0.2, 0.25) is 0 Å². The highest BCUT2D eigenvalue weighted by atomic mass is 32.2. The summed E-state index contributed by atoms with van der Waals surface area (Å²) in [5.74, 6) is 0.462. The van der Waals surface area contributed by atoms with Gasteiger partial charge >= 0.3 is 0 Å². The molecule has 33 heavy (non-hydrogen) atoms. The third-order valence-electron chi connectivity index (χ3n) is 5.63. The number of nitrogens with one attached hydrogen (secondary N) is 1. The highest BCUT2D eigenvalue weighted by Gasteiger charge is 2.20. The minimum Gasteiger partial charge on any atom is -0.359 e. The van der Waals surface area contributed by atoms with E-state index in [-0.39, 0.29) is 10.5 Å². The predicted molar refractivity (Wildman–Crippen MR) is 126 cm³/mol. The van der Waals surface area contributed by atoms with Crippen molar-refractivity contribution in [3.05, 3.63) is 87.0 Å². The number of aromatic nitrogens is 3. The zero-order valence-corrected chi connectivity index (χ0v) is 19.8. The lowest BCUT2D eigenvalue weighted by atomic mass is 10.1. The summed E-state index contributed by atoms with van der Waals surface area (Å²) >= 11 is 0. The van der Waals surface area contributed by atoms with E-state index in [0.717, 1.165) is 11.1 Å². The highest BCUT2D eigenvalue weighted by Crippen LogP contribution is 2.27. The Morgan fingerprint density at radius 2 is 1.70 bits per heavy atom. The number of aryl methyl sites for hydroxylation is 4. The van der Waals surface area contributed by atoms with Crippen LogP contribution < -0.4 is 10.3 Å². The first-order valence-electron chi connectivity index (χ1n) is 10.3. The molecule has 0 aliphatic rings. The van der Waals surface area contributed by atoms with Crippen LogP contribution >= 0.6 is 0 Å². The molecule has 2 aromatic carbocycles. The Hall–Kier alpha value is -3.72. The SMILES string of the molecule is Cc1ccc(-c2ccc(=O)n(-c3c(C)noc3C)n2)cc1S(=O)(=O)Nc1cccc(C)c1C. The molecular formula is C24H24N4O4S. The lowest BCUT2D eigenvalue weighted by Crippen LogP contribution is -2.21. The molecule has 0 saturated heterocycles. The molecule has 4 aromatic rings. The molecule has 0 spiro atoms. The van der Waals surface area contributed by atoms with Crippen molar-refractivity contribution < 1.29 is 12.9 Å². The van der Waals surface area contributed by atoms with Crippen LogP contribution in [-0.4, -0.2) is 23.4 Å². The van der Waals surface area contributed by atoms with Gasteiger partial charge in [0.25, 0.3) is 15.6 Å². The number of anilines is 1. The number of rotatable bonds is 5. The average molecular weight is 465 g/mol. The Bertz CT molecular complexity index is 1520. The van der Waals surface area contributed by atoms with Gasteiger partial charge < -0.3 is 4.52 Å². The minimum absolute atomic E-state index is 0.137. The van der Waals surface area contributed by atoms with E-state index in [0.29, 0.717) is 39.6 Å². The molecule has 0 unspecified atom stereocenters. The third-order valence-corrected chi connectivity index (χ3v) is 7.14. The van der Waals surface area contributed by atoms with Gasteiger partial charge in [-0.15, -0.1) is 0 Å². The monoisotopic (exact) mass is 464 g/mol. The number of hydrogen-bond donors (Lipinski definition) is 1. The molecule has 0 aliphatic carbocycles. The summed E-state index contributed by atoms with van der Waals surface area (Å²) in [6.07, 6.45) is 0. The zero-order chi connectivity index (χ0) is 23.9. The zero-order valence-electron chi connectivity index (χ0n) is 19.0. The summed E-state index contributed by atoms with van der Waals surface area (Å²) in [7, 11) is -3.86.